The predicted octanol–water partition coefficient (Wildman–Crippen LogP) is 1.62. The van der Waals surface area contributed by atoms with Gasteiger partial charge in [-0.05, 0) is 31.4 Å². The summed E-state index contributed by atoms with van der Waals surface area (Å²) in [6.45, 7) is 3.61. The normalized spacial score (nSPS) is 20.1. The Kier molecular flexibility index (Phi) is 6.32. The van der Waals surface area contributed by atoms with Crippen molar-refractivity contribution in [2.75, 3.05) is 19.3 Å². The number of likely N-dealkylation sites (tertiary alicyclic amines) is 1. The fourth-order valence-corrected chi connectivity index (χ4v) is 1.72. The van der Waals surface area contributed by atoms with Crippen molar-refractivity contribution < 1.29 is 4.79 Å². The third-order valence-corrected chi connectivity index (χ3v) is 2.97. The van der Waals surface area contributed by atoms with E-state index in [2.05, 4.69) is 0 Å². The number of carbonyl (C=O) groups excluding carboxylic acids is 1. The van der Waals surface area contributed by atoms with Crippen molar-refractivity contribution in [3.8, 4) is 0 Å². The summed E-state index contributed by atoms with van der Waals surface area (Å²) < 4.78 is 0. The molecule has 1 fully saturated rings. The summed E-state index contributed by atoms with van der Waals surface area (Å²) in [7, 11) is 0. The molecular weight excluding hydrogens is 232 g/mol. The van der Waals surface area contributed by atoms with Gasteiger partial charge in [-0.15, -0.1) is 24.2 Å². The van der Waals surface area contributed by atoms with E-state index in [0.717, 1.165) is 25.9 Å². The highest BCUT2D eigenvalue weighted by Crippen LogP contribution is 2.18. The SMILES string of the molecule is CS/C=C/C(=O)N1CCC(C)(N)CC1.Cl. The van der Waals surface area contributed by atoms with Gasteiger partial charge < -0.3 is 10.6 Å². The molecule has 1 aliphatic heterocycles. The van der Waals surface area contributed by atoms with Crippen molar-refractivity contribution in [2.45, 2.75) is 25.3 Å². The Labute approximate surface area is 102 Å². The van der Waals surface area contributed by atoms with Gasteiger partial charge in [0.05, 0.1) is 0 Å². The quantitative estimate of drug-likeness (QED) is 0.758. The molecule has 3 nitrogen and oxygen atoms in total. The van der Waals surface area contributed by atoms with Gasteiger partial charge in [-0.25, -0.2) is 0 Å². The first-order valence-electron chi connectivity index (χ1n) is 4.82. The van der Waals surface area contributed by atoms with E-state index in [1.165, 1.54) is 0 Å². The molecule has 0 aromatic heterocycles. The molecule has 0 unspecified atom stereocenters. The van der Waals surface area contributed by atoms with Crippen molar-refractivity contribution in [1.29, 1.82) is 0 Å². The van der Waals surface area contributed by atoms with E-state index in [1.54, 1.807) is 17.8 Å². The van der Waals surface area contributed by atoms with Gasteiger partial charge in [-0.2, -0.15) is 0 Å². The fraction of sp³-hybridized carbons (Fsp3) is 0.700. The van der Waals surface area contributed by atoms with Crippen LogP contribution in [0.5, 0.6) is 0 Å². The molecule has 0 bridgehead atoms. The summed E-state index contributed by atoms with van der Waals surface area (Å²) in [6.07, 6.45) is 5.36. The molecule has 1 aliphatic rings. The number of rotatable bonds is 2. The van der Waals surface area contributed by atoms with Gasteiger partial charge in [-0.1, -0.05) is 0 Å². The molecule has 0 spiro atoms. The minimum absolute atomic E-state index is 0. The van der Waals surface area contributed by atoms with Crippen LogP contribution in [-0.2, 0) is 4.79 Å². The molecule has 0 saturated carbocycles. The Bertz CT molecular complexity index is 234. The van der Waals surface area contributed by atoms with Gasteiger partial charge >= 0.3 is 0 Å². The Balaban J connectivity index is 0.00000196. The second kappa shape index (κ2) is 6.40. The summed E-state index contributed by atoms with van der Waals surface area (Å²) in [5, 5.41) is 1.82. The van der Waals surface area contributed by atoms with Crippen LogP contribution in [0, 0.1) is 0 Å². The maximum Gasteiger partial charge on any atom is 0.247 e. The average molecular weight is 251 g/mol. The van der Waals surface area contributed by atoms with Gasteiger partial charge in [0.25, 0.3) is 0 Å². The Morgan fingerprint density at radius 3 is 2.47 bits per heavy atom. The standard InChI is InChI=1S/C10H18N2OS.ClH/c1-10(11)4-6-12(7-5-10)9(13)3-8-14-2;/h3,8H,4-7,11H2,1-2H3;1H/b8-3+;. The highest BCUT2D eigenvalue weighted by Gasteiger charge is 2.27. The molecule has 2 N–H and O–H groups in total. The molecule has 1 saturated heterocycles. The van der Waals surface area contributed by atoms with Crippen LogP contribution in [0.3, 0.4) is 0 Å². The van der Waals surface area contributed by atoms with E-state index in [-0.39, 0.29) is 23.9 Å². The number of hydrogen-bond acceptors (Lipinski definition) is 3. The minimum atomic E-state index is -0.0833. The Morgan fingerprint density at radius 1 is 1.47 bits per heavy atom. The van der Waals surface area contributed by atoms with E-state index < -0.39 is 0 Å². The first-order chi connectivity index (χ1) is 6.55. The van der Waals surface area contributed by atoms with E-state index in [9.17, 15) is 4.79 Å². The number of nitrogens with zero attached hydrogens (tertiary/aromatic N) is 1. The lowest BCUT2D eigenvalue weighted by molar-refractivity contribution is -0.127. The molecule has 1 amide bonds. The second-order valence-corrected chi connectivity index (χ2v) is 4.76. The number of hydrogen-bond donors (Lipinski definition) is 1. The van der Waals surface area contributed by atoms with Crippen LogP contribution in [0.2, 0.25) is 0 Å². The molecule has 0 aromatic carbocycles. The van der Waals surface area contributed by atoms with Crippen molar-refractivity contribution >= 4 is 30.1 Å². The zero-order chi connectivity index (χ0) is 10.6. The highest BCUT2D eigenvalue weighted by molar-refractivity contribution is 8.01. The molecule has 1 rings (SSSR count). The van der Waals surface area contributed by atoms with E-state index in [0.29, 0.717) is 0 Å². The number of halogens is 1. The summed E-state index contributed by atoms with van der Waals surface area (Å²) in [5.41, 5.74) is 5.90. The Hall–Kier alpha value is -0.190. The maximum absolute atomic E-state index is 11.6. The molecule has 0 aliphatic carbocycles. The van der Waals surface area contributed by atoms with Gasteiger partial charge in [0.15, 0.2) is 0 Å². The monoisotopic (exact) mass is 250 g/mol. The molecule has 5 heteroatoms. The van der Waals surface area contributed by atoms with Gasteiger partial charge in [0.2, 0.25) is 5.91 Å². The largest absolute Gasteiger partial charge is 0.339 e. The molecule has 88 valence electrons. The number of nitrogens with two attached hydrogens (primary N) is 1. The topological polar surface area (TPSA) is 46.3 Å². The zero-order valence-electron chi connectivity index (χ0n) is 9.23. The first kappa shape index (κ1) is 14.8. The van der Waals surface area contributed by atoms with Gasteiger partial charge in [0, 0.05) is 24.7 Å². The minimum Gasteiger partial charge on any atom is -0.339 e. The predicted molar refractivity (Wildman–Crippen MR) is 68.3 cm³/mol. The molecule has 0 atom stereocenters. The molecule has 15 heavy (non-hydrogen) atoms. The third-order valence-electron chi connectivity index (χ3n) is 2.56. The maximum atomic E-state index is 11.6. The van der Waals surface area contributed by atoms with Crippen LogP contribution in [0.1, 0.15) is 19.8 Å². The third kappa shape index (κ3) is 4.91. The summed E-state index contributed by atoms with van der Waals surface area (Å²) >= 11 is 1.54. The zero-order valence-corrected chi connectivity index (χ0v) is 10.9. The number of piperidine rings is 1. The van der Waals surface area contributed by atoms with Crippen molar-refractivity contribution in [1.82, 2.24) is 4.90 Å². The molecule has 0 aromatic rings. The summed E-state index contributed by atoms with van der Waals surface area (Å²) in [6, 6.07) is 0. The van der Waals surface area contributed by atoms with E-state index >= 15 is 0 Å². The van der Waals surface area contributed by atoms with Crippen molar-refractivity contribution in [3.05, 3.63) is 11.5 Å². The van der Waals surface area contributed by atoms with E-state index in [4.69, 9.17) is 5.73 Å². The number of carbonyl (C=O) groups is 1. The number of amides is 1. The van der Waals surface area contributed by atoms with Crippen LogP contribution >= 0.6 is 24.2 Å². The first-order valence-corrected chi connectivity index (χ1v) is 6.11. The lowest BCUT2D eigenvalue weighted by Gasteiger charge is -2.36. The fourth-order valence-electron chi connectivity index (χ4n) is 1.47. The average Bonchev–Trinajstić information content (AvgIpc) is 2.14. The lowest BCUT2D eigenvalue weighted by atomic mass is 9.91. The summed E-state index contributed by atoms with van der Waals surface area (Å²) in [4.78, 5) is 13.4. The van der Waals surface area contributed by atoms with Gasteiger partial charge in [0.1, 0.15) is 0 Å². The summed E-state index contributed by atoms with van der Waals surface area (Å²) in [5.74, 6) is 0.106. The lowest BCUT2D eigenvalue weighted by Crippen LogP contribution is -2.49. The van der Waals surface area contributed by atoms with Gasteiger partial charge in [-0.3, -0.25) is 4.79 Å². The van der Waals surface area contributed by atoms with Crippen molar-refractivity contribution in [2.24, 2.45) is 5.73 Å². The molecule has 0 radical (unpaired) electrons. The highest BCUT2D eigenvalue weighted by atomic mass is 35.5. The van der Waals surface area contributed by atoms with Crippen LogP contribution < -0.4 is 5.73 Å². The van der Waals surface area contributed by atoms with Crippen LogP contribution in [0.4, 0.5) is 0 Å². The molecule has 1 heterocycles. The van der Waals surface area contributed by atoms with Crippen LogP contribution in [-0.4, -0.2) is 35.7 Å². The second-order valence-electron chi connectivity index (χ2n) is 4.02. The van der Waals surface area contributed by atoms with E-state index in [1.807, 2.05) is 23.5 Å². The number of thioether (sulfide) groups is 1. The Morgan fingerprint density at radius 2 is 2.00 bits per heavy atom. The molecular formula is C10H19ClN2OS. The van der Waals surface area contributed by atoms with Crippen LogP contribution in [0.25, 0.3) is 0 Å². The van der Waals surface area contributed by atoms with Crippen molar-refractivity contribution in [3.63, 3.8) is 0 Å². The van der Waals surface area contributed by atoms with Crippen LogP contribution in [0.15, 0.2) is 11.5 Å². The smallest absolute Gasteiger partial charge is 0.247 e.